The molecule has 4 heteroatoms. The van der Waals surface area contributed by atoms with Crippen LogP contribution in [-0.2, 0) is 11.2 Å². The van der Waals surface area contributed by atoms with Crippen LogP contribution < -0.4 is 10.6 Å². The van der Waals surface area contributed by atoms with Crippen LogP contribution in [0.2, 0.25) is 5.02 Å². The van der Waals surface area contributed by atoms with E-state index in [1.54, 1.807) is 0 Å². The molecule has 0 aliphatic heterocycles. The summed E-state index contributed by atoms with van der Waals surface area (Å²) in [6.45, 7) is 2.10. The summed E-state index contributed by atoms with van der Waals surface area (Å²) >= 11 is 6.01. The topological polar surface area (TPSA) is 41.1 Å². The molecule has 0 bridgehead atoms. The highest BCUT2D eigenvalue weighted by atomic mass is 35.5. The third-order valence-corrected chi connectivity index (χ3v) is 6.77. The zero-order chi connectivity index (χ0) is 20.2. The summed E-state index contributed by atoms with van der Waals surface area (Å²) in [4.78, 5) is 12.5. The molecule has 0 saturated heterocycles. The zero-order valence-electron chi connectivity index (χ0n) is 17.3. The molecule has 2 aromatic rings. The van der Waals surface area contributed by atoms with Gasteiger partial charge in [-0.1, -0.05) is 43.4 Å². The molecule has 0 spiro atoms. The Hall–Kier alpha value is -2.00. The lowest BCUT2D eigenvalue weighted by atomic mass is 9.86. The molecule has 4 rings (SSSR count). The molecular weight excluding hydrogens is 380 g/mol. The van der Waals surface area contributed by atoms with E-state index in [0.29, 0.717) is 12.5 Å². The van der Waals surface area contributed by atoms with E-state index in [1.165, 1.54) is 36.8 Å². The fraction of sp³-hybridized carbons (Fsp3) is 0.480. The molecule has 3 nitrogen and oxygen atoms in total. The first-order chi connectivity index (χ1) is 14.1. The number of carbonyl (C=O) groups excluding carboxylic acids is 1. The number of rotatable bonds is 6. The Kier molecular flexibility index (Phi) is 6.44. The predicted octanol–water partition coefficient (Wildman–Crippen LogP) is 7.05. The number of carbonyl (C=O) groups is 1. The first-order valence-electron chi connectivity index (χ1n) is 11.0. The van der Waals surface area contributed by atoms with Gasteiger partial charge in [0.2, 0.25) is 5.91 Å². The van der Waals surface area contributed by atoms with Crippen LogP contribution in [0, 0.1) is 12.8 Å². The number of halogens is 1. The number of nitrogens with one attached hydrogen (secondary N) is 2. The maximum Gasteiger partial charge on any atom is 0.224 e. The van der Waals surface area contributed by atoms with Gasteiger partial charge in [-0.3, -0.25) is 4.79 Å². The van der Waals surface area contributed by atoms with E-state index in [2.05, 4.69) is 29.7 Å². The number of aryl methyl sites for hydroxylation is 2. The summed E-state index contributed by atoms with van der Waals surface area (Å²) in [5, 5.41) is 7.59. The molecular formula is C25H31ClN2O. The van der Waals surface area contributed by atoms with Gasteiger partial charge in [0, 0.05) is 22.8 Å². The van der Waals surface area contributed by atoms with Crippen LogP contribution in [0.15, 0.2) is 36.4 Å². The molecule has 2 aliphatic carbocycles. The highest BCUT2D eigenvalue weighted by Gasteiger charge is 2.22. The minimum Gasteiger partial charge on any atom is -0.378 e. The maximum absolute atomic E-state index is 12.5. The molecule has 0 aromatic heterocycles. The van der Waals surface area contributed by atoms with Crippen LogP contribution in [0.1, 0.15) is 74.1 Å². The van der Waals surface area contributed by atoms with Crippen LogP contribution in [0.5, 0.6) is 0 Å². The van der Waals surface area contributed by atoms with Crippen molar-refractivity contribution in [2.45, 2.75) is 70.8 Å². The molecule has 1 saturated carbocycles. The Morgan fingerprint density at radius 2 is 1.83 bits per heavy atom. The van der Waals surface area contributed by atoms with E-state index in [0.717, 1.165) is 53.6 Å². The van der Waals surface area contributed by atoms with Gasteiger partial charge in [0.05, 0.1) is 6.04 Å². The van der Waals surface area contributed by atoms with E-state index in [9.17, 15) is 4.79 Å². The Balaban J connectivity index is 1.43. The standard InChI is InChI=1S/C25H31ClN2O/c1-17-15-22-19(7-4-8-23(22)27-21-12-10-20(26)11-13-21)16-24(17)28-25(29)14-9-18-5-2-3-6-18/h10-13,15-16,18,23,27H,2-9,14H2,1H3,(H,28,29). The van der Waals surface area contributed by atoms with Crippen molar-refractivity contribution in [2.24, 2.45) is 5.92 Å². The van der Waals surface area contributed by atoms with Crippen molar-refractivity contribution < 1.29 is 4.79 Å². The summed E-state index contributed by atoms with van der Waals surface area (Å²) in [5.41, 5.74) is 5.91. The van der Waals surface area contributed by atoms with Crippen molar-refractivity contribution in [3.8, 4) is 0 Å². The Labute approximate surface area is 179 Å². The van der Waals surface area contributed by atoms with E-state index in [4.69, 9.17) is 11.6 Å². The fourth-order valence-electron chi connectivity index (χ4n) is 4.85. The number of hydrogen-bond donors (Lipinski definition) is 2. The van der Waals surface area contributed by atoms with Crippen molar-refractivity contribution >= 4 is 28.9 Å². The van der Waals surface area contributed by atoms with Crippen molar-refractivity contribution in [1.29, 1.82) is 0 Å². The van der Waals surface area contributed by atoms with Gasteiger partial charge in [-0.15, -0.1) is 0 Å². The molecule has 2 N–H and O–H groups in total. The highest BCUT2D eigenvalue weighted by molar-refractivity contribution is 6.30. The van der Waals surface area contributed by atoms with Gasteiger partial charge in [0.15, 0.2) is 0 Å². The highest BCUT2D eigenvalue weighted by Crippen LogP contribution is 2.36. The lowest BCUT2D eigenvalue weighted by Crippen LogP contribution is -2.19. The molecule has 154 valence electrons. The van der Waals surface area contributed by atoms with Crippen LogP contribution >= 0.6 is 11.6 Å². The summed E-state index contributed by atoms with van der Waals surface area (Å²) in [6, 6.07) is 12.7. The van der Waals surface area contributed by atoms with Crippen molar-refractivity contribution in [3.63, 3.8) is 0 Å². The third kappa shape index (κ3) is 5.14. The first kappa shape index (κ1) is 20.3. The van der Waals surface area contributed by atoms with Crippen LogP contribution in [0.3, 0.4) is 0 Å². The average Bonchev–Trinajstić information content (AvgIpc) is 3.23. The van der Waals surface area contributed by atoms with Gasteiger partial charge in [0.1, 0.15) is 0 Å². The lowest BCUT2D eigenvalue weighted by molar-refractivity contribution is -0.116. The van der Waals surface area contributed by atoms with Gasteiger partial charge in [-0.2, -0.15) is 0 Å². The molecule has 2 aliphatic rings. The van der Waals surface area contributed by atoms with Crippen molar-refractivity contribution in [2.75, 3.05) is 10.6 Å². The largest absolute Gasteiger partial charge is 0.378 e. The molecule has 0 heterocycles. The van der Waals surface area contributed by atoms with E-state index in [1.807, 2.05) is 24.3 Å². The molecule has 1 amide bonds. The smallest absolute Gasteiger partial charge is 0.224 e. The second-order valence-corrected chi connectivity index (χ2v) is 9.14. The van der Waals surface area contributed by atoms with Crippen LogP contribution in [0.4, 0.5) is 11.4 Å². The third-order valence-electron chi connectivity index (χ3n) is 6.51. The zero-order valence-corrected chi connectivity index (χ0v) is 18.0. The van der Waals surface area contributed by atoms with E-state index < -0.39 is 0 Å². The van der Waals surface area contributed by atoms with E-state index in [-0.39, 0.29) is 5.91 Å². The van der Waals surface area contributed by atoms with Crippen LogP contribution in [-0.4, -0.2) is 5.91 Å². The first-order valence-corrected chi connectivity index (χ1v) is 11.4. The van der Waals surface area contributed by atoms with Crippen molar-refractivity contribution in [3.05, 3.63) is 58.1 Å². The van der Waals surface area contributed by atoms with Crippen molar-refractivity contribution in [1.82, 2.24) is 0 Å². The predicted molar refractivity (Wildman–Crippen MR) is 122 cm³/mol. The normalized spacial score (nSPS) is 19.0. The van der Waals surface area contributed by atoms with Gasteiger partial charge in [0.25, 0.3) is 0 Å². The van der Waals surface area contributed by atoms with Gasteiger partial charge < -0.3 is 10.6 Å². The minimum atomic E-state index is 0.159. The summed E-state index contributed by atoms with van der Waals surface area (Å²) in [5.74, 6) is 0.914. The molecule has 29 heavy (non-hydrogen) atoms. The Morgan fingerprint density at radius 3 is 2.59 bits per heavy atom. The Morgan fingerprint density at radius 1 is 1.07 bits per heavy atom. The average molecular weight is 411 g/mol. The molecule has 2 aromatic carbocycles. The van der Waals surface area contributed by atoms with Crippen LogP contribution in [0.25, 0.3) is 0 Å². The number of benzene rings is 2. The quantitative estimate of drug-likeness (QED) is 0.535. The number of anilines is 2. The lowest BCUT2D eigenvalue weighted by Gasteiger charge is -2.28. The monoisotopic (exact) mass is 410 g/mol. The molecule has 0 radical (unpaired) electrons. The number of amides is 1. The SMILES string of the molecule is Cc1cc2c(cc1NC(=O)CCC1CCCC1)CCCC2Nc1ccc(Cl)cc1. The van der Waals surface area contributed by atoms with Gasteiger partial charge in [-0.25, -0.2) is 0 Å². The number of fused-ring (bicyclic) bond motifs is 1. The second-order valence-electron chi connectivity index (χ2n) is 8.70. The summed E-state index contributed by atoms with van der Waals surface area (Å²) < 4.78 is 0. The van der Waals surface area contributed by atoms with E-state index >= 15 is 0 Å². The molecule has 1 fully saturated rings. The molecule has 1 atom stereocenters. The van der Waals surface area contributed by atoms with Gasteiger partial charge in [-0.05, 0) is 85.5 Å². The minimum absolute atomic E-state index is 0.159. The fourth-order valence-corrected chi connectivity index (χ4v) is 4.97. The summed E-state index contributed by atoms with van der Waals surface area (Å²) in [6.07, 6.45) is 10.3. The maximum atomic E-state index is 12.5. The Bertz CT molecular complexity index is 856. The van der Waals surface area contributed by atoms with Gasteiger partial charge >= 0.3 is 0 Å². The summed E-state index contributed by atoms with van der Waals surface area (Å²) in [7, 11) is 0. The second kappa shape index (κ2) is 9.21. The molecule has 1 unspecified atom stereocenters. The number of hydrogen-bond acceptors (Lipinski definition) is 2.